The van der Waals surface area contributed by atoms with Crippen LogP contribution < -0.4 is 5.32 Å². The van der Waals surface area contributed by atoms with E-state index in [-0.39, 0.29) is 78.4 Å². The molecule has 1 heterocycles. The lowest BCUT2D eigenvalue weighted by atomic mass is 9.40. The van der Waals surface area contributed by atoms with Crippen LogP contribution in [-0.4, -0.2) is 82.1 Å². The summed E-state index contributed by atoms with van der Waals surface area (Å²) in [6.07, 6.45) is 5.42. The lowest BCUT2D eigenvalue weighted by Crippen LogP contribution is -2.70. The number of hydrogen-bond acceptors (Lipinski definition) is 8. The summed E-state index contributed by atoms with van der Waals surface area (Å²) in [6.45, 7) is 12.0. The number of amides is 2. The summed E-state index contributed by atoms with van der Waals surface area (Å²) in [5.41, 5.74) is -2.04. The van der Waals surface area contributed by atoms with Crippen molar-refractivity contribution < 1.29 is 48.5 Å². The molecule has 1 aliphatic heterocycles. The summed E-state index contributed by atoms with van der Waals surface area (Å²) < 4.78 is 10.6. The fraction of sp³-hybridized carbons (Fsp3) is 0.846. The van der Waals surface area contributed by atoms with Gasteiger partial charge in [-0.3, -0.25) is 28.9 Å². The molecule has 5 aliphatic rings. The minimum atomic E-state index is -0.904. The highest BCUT2D eigenvalue weighted by atomic mass is 16.6. The largest absolute Gasteiger partial charge is 0.481 e. The van der Waals surface area contributed by atoms with Crippen molar-refractivity contribution in [3.63, 3.8) is 0 Å². The number of aliphatic carboxylic acids is 2. The number of carboxylic acid groups (broad SMARTS) is 2. The average molecular weight is 717 g/mol. The predicted octanol–water partition coefficient (Wildman–Crippen LogP) is 5.70. The maximum atomic E-state index is 15.4. The molecule has 4 saturated carbocycles. The van der Waals surface area contributed by atoms with E-state index < -0.39 is 52.5 Å². The number of nitrogens with zero attached hydrogens (tertiary/aromatic N) is 1. The Balaban J connectivity index is 1.56. The monoisotopic (exact) mass is 716 g/mol. The molecule has 0 spiro atoms. The van der Waals surface area contributed by atoms with Crippen molar-refractivity contribution in [1.29, 1.82) is 0 Å². The minimum absolute atomic E-state index is 0.00122. The molecule has 0 bridgehead atoms. The third-order valence-corrected chi connectivity index (χ3v) is 14.0. The first-order chi connectivity index (χ1) is 23.8. The van der Waals surface area contributed by atoms with Gasteiger partial charge in [0.2, 0.25) is 5.91 Å². The second kappa shape index (κ2) is 14.7. The summed E-state index contributed by atoms with van der Waals surface area (Å²) in [6, 6.07) is -1.71. The lowest BCUT2D eigenvalue weighted by molar-refractivity contribution is -0.180. The van der Waals surface area contributed by atoms with Crippen molar-refractivity contribution in [3.8, 4) is 0 Å². The van der Waals surface area contributed by atoms with Crippen LogP contribution in [0.5, 0.6) is 0 Å². The van der Waals surface area contributed by atoms with Gasteiger partial charge in [0.05, 0.1) is 13.2 Å². The summed E-state index contributed by atoms with van der Waals surface area (Å²) in [4.78, 5) is 80.9. The summed E-state index contributed by atoms with van der Waals surface area (Å²) in [5.74, 6) is -3.46. The zero-order chi connectivity index (χ0) is 37.6. The highest BCUT2D eigenvalue weighted by Crippen LogP contribution is 2.69. The van der Waals surface area contributed by atoms with Crippen LogP contribution in [0.15, 0.2) is 0 Å². The normalized spacial score (nSPS) is 38.1. The van der Waals surface area contributed by atoms with Gasteiger partial charge in [0.25, 0.3) is 0 Å². The van der Waals surface area contributed by atoms with Gasteiger partial charge in [0.15, 0.2) is 5.78 Å². The summed E-state index contributed by atoms with van der Waals surface area (Å²) in [7, 11) is 1.36. The molecule has 51 heavy (non-hydrogen) atoms. The van der Waals surface area contributed by atoms with Gasteiger partial charge in [-0.25, -0.2) is 4.79 Å². The van der Waals surface area contributed by atoms with Crippen LogP contribution in [0.2, 0.25) is 0 Å². The second-order valence-corrected chi connectivity index (χ2v) is 18.0. The fourth-order valence-electron chi connectivity index (χ4n) is 11.8. The molecule has 4 aliphatic carbocycles. The number of methoxy groups -OCH3 is 1. The van der Waals surface area contributed by atoms with E-state index in [1.165, 1.54) is 12.0 Å². The van der Waals surface area contributed by atoms with E-state index in [1.807, 2.05) is 6.92 Å². The number of ketones is 1. The molecule has 286 valence electrons. The zero-order valence-corrected chi connectivity index (χ0v) is 31.6. The number of carboxylic acids is 2. The molecule has 1 saturated heterocycles. The van der Waals surface area contributed by atoms with Crippen LogP contribution in [0.25, 0.3) is 0 Å². The molecule has 0 radical (unpaired) electrons. The number of ether oxygens (including phenoxy) is 2. The van der Waals surface area contributed by atoms with E-state index in [2.05, 4.69) is 19.2 Å². The van der Waals surface area contributed by atoms with E-state index in [9.17, 15) is 34.2 Å². The van der Waals surface area contributed by atoms with Crippen molar-refractivity contribution in [2.24, 2.45) is 58.2 Å². The smallest absolute Gasteiger partial charge is 0.410 e. The highest BCUT2D eigenvalue weighted by Gasteiger charge is 2.69. The van der Waals surface area contributed by atoms with Gasteiger partial charge in [0.1, 0.15) is 11.6 Å². The maximum Gasteiger partial charge on any atom is 0.410 e. The number of hydrogen-bond donors (Lipinski definition) is 3. The number of carbonyl (C=O) groups excluding carboxylic acids is 4. The third-order valence-electron chi connectivity index (χ3n) is 14.0. The van der Waals surface area contributed by atoms with E-state index in [1.54, 1.807) is 20.8 Å². The molecule has 3 N–H and O–H groups in total. The van der Waals surface area contributed by atoms with Crippen LogP contribution in [0.4, 0.5) is 4.79 Å². The van der Waals surface area contributed by atoms with E-state index in [0.29, 0.717) is 51.5 Å². The fourth-order valence-corrected chi connectivity index (χ4v) is 11.8. The number of nitrogens with one attached hydrogen (secondary N) is 1. The Morgan fingerprint density at radius 1 is 1.00 bits per heavy atom. The van der Waals surface area contributed by atoms with Crippen molar-refractivity contribution in [2.45, 2.75) is 136 Å². The number of Topliss-reactive ketones (excluding diaryl/α,β-unsaturated/α-hetero) is 1. The molecule has 2 amide bonds. The van der Waals surface area contributed by atoms with Crippen molar-refractivity contribution in [1.82, 2.24) is 10.2 Å². The lowest BCUT2D eigenvalue weighted by Gasteiger charge is -2.65. The maximum absolute atomic E-state index is 15.4. The first-order valence-electron chi connectivity index (χ1n) is 19.2. The number of fused-ring (bicyclic) bond motifs is 5. The predicted molar refractivity (Wildman–Crippen MR) is 186 cm³/mol. The molecular formula is C39H60N2O10. The number of likely N-dealkylation sites (tertiary alicyclic amines) is 1. The van der Waals surface area contributed by atoms with Gasteiger partial charge in [-0.2, -0.15) is 0 Å². The van der Waals surface area contributed by atoms with E-state index >= 15 is 4.79 Å². The molecule has 5 fully saturated rings. The van der Waals surface area contributed by atoms with Gasteiger partial charge >= 0.3 is 24.0 Å². The molecule has 12 atom stereocenters. The summed E-state index contributed by atoms with van der Waals surface area (Å²) >= 11 is 0. The van der Waals surface area contributed by atoms with Gasteiger partial charge in [-0.15, -0.1) is 0 Å². The Kier molecular flexibility index (Phi) is 11.2. The van der Waals surface area contributed by atoms with Crippen LogP contribution in [0.3, 0.4) is 0 Å². The van der Waals surface area contributed by atoms with Crippen molar-refractivity contribution >= 4 is 35.7 Å². The standard InChI is InChI=1S/C39H60N2O10/c1-21(10-13-30(46)50-7)25-11-12-26-31-23(20-29(44)45)19-24-17-22(18-28(42)43)14-15-38(24,5)32(31)33(34(47)39(25,26)6)40-35(48)27-9-8-16-41(27)36(49)51-37(2,3)4/h21-27,31-33H,8-20H2,1-7H3,(H,40,48)(H,42,43)(H,44,45)/t21-,22-,23-,24+,25?,26?,27?,31?,32?,33+,38+,39-/m1/s1. The second-order valence-electron chi connectivity index (χ2n) is 18.0. The summed E-state index contributed by atoms with van der Waals surface area (Å²) in [5, 5.41) is 23.1. The highest BCUT2D eigenvalue weighted by molar-refractivity contribution is 5.96. The number of carbonyl (C=O) groups is 6. The molecule has 12 heteroatoms. The Morgan fingerprint density at radius 3 is 2.31 bits per heavy atom. The molecular weight excluding hydrogens is 656 g/mol. The molecule has 0 aromatic heterocycles. The first-order valence-corrected chi connectivity index (χ1v) is 19.2. The molecule has 12 nitrogen and oxygen atoms in total. The Hall–Kier alpha value is -3.18. The molecule has 0 aromatic rings. The number of rotatable bonds is 10. The van der Waals surface area contributed by atoms with Gasteiger partial charge in [-0.05, 0) is 131 Å². The van der Waals surface area contributed by atoms with Crippen LogP contribution in [0, 0.1) is 58.2 Å². The molecule has 5 unspecified atom stereocenters. The van der Waals surface area contributed by atoms with Crippen molar-refractivity contribution in [3.05, 3.63) is 0 Å². The van der Waals surface area contributed by atoms with Crippen LogP contribution >= 0.6 is 0 Å². The number of esters is 1. The van der Waals surface area contributed by atoms with Gasteiger partial charge in [0, 0.05) is 31.2 Å². The van der Waals surface area contributed by atoms with Crippen LogP contribution in [0.1, 0.15) is 119 Å². The van der Waals surface area contributed by atoms with Crippen molar-refractivity contribution in [2.75, 3.05) is 13.7 Å². The molecule has 5 rings (SSSR count). The Morgan fingerprint density at radius 2 is 1.69 bits per heavy atom. The Labute approximate surface area is 302 Å². The molecule has 0 aromatic carbocycles. The average Bonchev–Trinajstić information content (AvgIpc) is 3.67. The zero-order valence-electron chi connectivity index (χ0n) is 31.6. The van der Waals surface area contributed by atoms with Crippen LogP contribution in [-0.2, 0) is 33.4 Å². The Bertz CT molecular complexity index is 1390. The van der Waals surface area contributed by atoms with E-state index in [4.69, 9.17) is 9.47 Å². The van der Waals surface area contributed by atoms with Gasteiger partial charge in [-0.1, -0.05) is 20.8 Å². The minimum Gasteiger partial charge on any atom is -0.481 e. The van der Waals surface area contributed by atoms with Gasteiger partial charge < -0.3 is 25.0 Å². The SMILES string of the molecule is COC(=O)CC[C@@H](C)C1CCC2C3C([C@H](NC(=O)C4CCCN4C(=O)OC(C)(C)C)C(=O)[C@@]21C)[C@@]1(C)CC[C@@H](CC(=O)O)C[C@H]1C[C@@H]3CC(=O)O. The van der Waals surface area contributed by atoms with E-state index in [0.717, 1.165) is 12.8 Å². The quantitative estimate of drug-likeness (QED) is 0.238. The topological polar surface area (TPSA) is 177 Å². The first kappa shape index (κ1) is 39.0. The third kappa shape index (κ3) is 7.52.